The number of nitriles is 1. The quantitative estimate of drug-likeness (QED) is 0.221. The number of aromatic nitrogens is 1. The molecule has 2 heterocycles. The maximum Gasteiger partial charge on any atom is 0.216 e. The lowest BCUT2D eigenvalue weighted by atomic mass is 9.59. The van der Waals surface area contributed by atoms with E-state index in [1.165, 1.54) is 16.7 Å². The van der Waals surface area contributed by atoms with Gasteiger partial charge in [0.05, 0.1) is 17.2 Å². The molecule has 5 aromatic rings. The molecule has 1 aliphatic carbocycles. The van der Waals surface area contributed by atoms with Gasteiger partial charge in [-0.05, 0) is 76.1 Å². The zero-order valence-corrected chi connectivity index (χ0v) is 24.6. The van der Waals surface area contributed by atoms with Crippen LogP contribution in [0.3, 0.4) is 0 Å². The standard InChI is InChI=1S/C36H37N2O/c1-21-13-16-24-25-18-15-23(20-37)29(33(25)39-32(24)28(21)27-12-10-11-19-38(27)9)26-17-14-22(2)30-31(26)35(5,6)36(7,8)34(30,3)4/h10-19H,1-9H3/q+1. The number of nitrogens with zero attached hydrogens (tertiary/aromatic N) is 2. The summed E-state index contributed by atoms with van der Waals surface area (Å²) in [6, 6.07) is 21.6. The maximum atomic E-state index is 10.4. The molecule has 2 aromatic heterocycles. The number of furan rings is 1. The second-order valence-electron chi connectivity index (χ2n) is 13.0. The van der Waals surface area contributed by atoms with Crippen molar-refractivity contribution < 1.29 is 8.98 Å². The van der Waals surface area contributed by atoms with E-state index in [-0.39, 0.29) is 16.2 Å². The van der Waals surface area contributed by atoms with Crippen molar-refractivity contribution in [3.63, 3.8) is 0 Å². The van der Waals surface area contributed by atoms with Crippen LogP contribution in [0.2, 0.25) is 0 Å². The molecule has 0 atom stereocenters. The molecule has 39 heavy (non-hydrogen) atoms. The van der Waals surface area contributed by atoms with Gasteiger partial charge in [0.25, 0.3) is 0 Å². The van der Waals surface area contributed by atoms with Crippen molar-refractivity contribution in [3.05, 3.63) is 88.6 Å². The third-order valence-corrected chi connectivity index (χ3v) is 10.5. The molecule has 0 bridgehead atoms. The number of hydrogen-bond acceptors (Lipinski definition) is 2. The normalized spacial score (nSPS) is 16.9. The summed E-state index contributed by atoms with van der Waals surface area (Å²) in [4.78, 5) is 0. The molecule has 6 rings (SSSR count). The van der Waals surface area contributed by atoms with Gasteiger partial charge in [0, 0.05) is 28.5 Å². The zero-order valence-electron chi connectivity index (χ0n) is 24.6. The molecule has 196 valence electrons. The summed E-state index contributed by atoms with van der Waals surface area (Å²) in [5.74, 6) is 0. The number of pyridine rings is 1. The van der Waals surface area contributed by atoms with Crippen molar-refractivity contribution in [1.29, 1.82) is 5.26 Å². The Morgan fingerprint density at radius 2 is 1.33 bits per heavy atom. The van der Waals surface area contributed by atoms with Gasteiger partial charge < -0.3 is 4.42 Å². The molecule has 3 heteroatoms. The molecule has 1 aliphatic rings. The lowest BCUT2D eigenvalue weighted by molar-refractivity contribution is -0.660. The minimum absolute atomic E-state index is 0.00408. The number of hydrogen-bond donors (Lipinski definition) is 0. The Kier molecular flexibility index (Phi) is 5.24. The first kappa shape index (κ1) is 25.4. The van der Waals surface area contributed by atoms with E-state index in [1.54, 1.807) is 0 Å². The van der Waals surface area contributed by atoms with Crippen LogP contribution >= 0.6 is 0 Å². The number of aryl methyl sites for hydroxylation is 3. The Morgan fingerprint density at radius 1 is 0.718 bits per heavy atom. The van der Waals surface area contributed by atoms with Crippen molar-refractivity contribution in [2.45, 2.75) is 66.2 Å². The van der Waals surface area contributed by atoms with E-state index in [9.17, 15) is 5.26 Å². The van der Waals surface area contributed by atoms with Crippen LogP contribution in [-0.4, -0.2) is 0 Å². The fraction of sp³-hybridized carbons (Fsp3) is 0.333. The lowest BCUT2D eigenvalue weighted by Crippen LogP contribution is -2.42. The molecule has 0 N–H and O–H groups in total. The average molecular weight is 514 g/mol. The van der Waals surface area contributed by atoms with E-state index in [1.807, 2.05) is 12.1 Å². The molecule has 3 nitrogen and oxygen atoms in total. The number of benzene rings is 3. The van der Waals surface area contributed by atoms with Gasteiger partial charge >= 0.3 is 0 Å². The Balaban J connectivity index is 1.78. The third kappa shape index (κ3) is 3.12. The molecule has 0 amide bonds. The average Bonchev–Trinajstić information content (AvgIpc) is 3.31. The Hall–Kier alpha value is -3.90. The van der Waals surface area contributed by atoms with Crippen LogP contribution in [0.4, 0.5) is 0 Å². The summed E-state index contributed by atoms with van der Waals surface area (Å²) in [7, 11) is 2.07. The molecule has 0 aliphatic heterocycles. The highest BCUT2D eigenvalue weighted by atomic mass is 16.3. The van der Waals surface area contributed by atoms with Crippen molar-refractivity contribution in [2.75, 3.05) is 0 Å². The molecule has 3 aromatic carbocycles. The summed E-state index contributed by atoms with van der Waals surface area (Å²) in [5, 5.41) is 12.5. The molecule has 0 spiro atoms. The fourth-order valence-corrected chi connectivity index (χ4v) is 7.24. The van der Waals surface area contributed by atoms with Crippen molar-refractivity contribution >= 4 is 21.9 Å². The van der Waals surface area contributed by atoms with Crippen molar-refractivity contribution in [2.24, 2.45) is 12.5 Å². The third-order valence-electron chi connectivity index (χ3n) is 10.5. The highest BCUT2D eigenvalue weighted by Gasteiger charge is 2.58. The summed E-state index contributed by atoms with van der Waals surface area (Å²) in [6.07, 6.45) is 2.07. The first-order valence-electron chi connectivity index (χ1n) is 13.8. The molecule has 0 radical (unpaired) electrons. The van der Waals surface area contributed by atoms with Crippen molar-refractivity contribution in [1.82, 2.24) is 0 Å². The topological polar surface area (TPSA) is 40.8 Å². The van der Waals surface area contributed by atoms with Gasteiger partial charge in [0.2, 0.25) is 5.69 Å². The van der Waals surface area contributed by atoms with E-state index >= 15 is 0 Å². The van der Waals surface area contributed by atoms with Crippen molar-refractivity contribution in [3.8, 4) is 28.5 Å². The highest BCUT2D eigenvalue weighted by Crippen LogP contribution is 2.64. The zero-order chi connectivity index (χ0) is 28.1. The van der Waals surface area contributed by atoms with Crippen LogP contribution in [0.1, 0.15) is 69.4 Å². The van der Waals surface area contributed by atoms with E-state index < -0.39 is 0 Å². The summed E-state index contributed by atoms with van der Waals surface area (Å²) in [5.41, 5.74) is 11.6. The Labute approximate surface area is 231 Å². The highest BCUT2D eigenvalue weighted by molar-refractivity contribution is 6.14. The van der Waals surface area contributed by atoms with Gasteiger partial charge in [-0.25, -0.2) is 4.57 Å². The van der Waals surface area contributed by atoms with Gasteiger partial charge in [-0.3, -0.25) is 0 Å². The molecule has 0 fully saturated rings. The molecule has 0 saturated carbocycles. The van der Waals surface area contributed by atoms with E-state index in [2.05, 4.69) is 122 Å². The molecular weight excluding hydrogens is 476 g/mol. The second-order valence-corrected chi connectivity index (χ2v) is 13.0. The van der Waals surface area contributed by atoms with Crippen LogP contribution in [0.25, 0.3) is 44.3 Å². The second kappa shape index (κ2) is 8.06. The van der Waals surface area contributed by atoms with E-state index in [4.69, 9.17) is 4.42 Å². The predicted octanol–water partition coefficient (Wildman–Crippen LogP) is 8.83. The van der Waals surface area contributed by atoms with Crippen LogP contribution in [0.5, 0.6) is 0 Å². The first-order chi connectivity index (χ1) is 18.3. The van der Waals surface area contributed by atoms with Crippen LogP contribution in [0, 0.1) is 30.6 Å². The smallest absolute Gasteiger partial charge is 0.216 e. The Bertz CT molecular complexity index is 1870. The molecular formula is C36H37N2O+. The SMILES string of the molecule is Cc1ccc(-c2c(C#N)ccc3c2oc2c(-c4cccc[n+]4C)c(C)ccc23)c2c1C(C)(C)C(C)(C)C2(C)C. The summed E-state index contributed by atoms with van der Waals surface area (Å²) in [6.45, 7) is 18.6. The summed E-state index contributed by atoms with van der Waals surface area (Å²) < 4.78 is 9.03. The van der Waals surface area contributed by atoms with Gasteiger partial charge in [-0.2, -0.15) is 5.26 Å². The van der Waals surface area contributed by atoms with Gasteiger partial charge in [-0.15, -0.1) is 0 Å². The Morgan fingerprint density at radius 3 is 2.00 bits per heavy atom. The first-order valence-corrected chi connectivity index (χ1v) is 13.8. The van der Waals surface area contributed by atoms with Gasteiger partial charge in [0.15, 0.2) is 6.20 Å². The lowest BCUT2D eigenvalue weighted by Gasteiger charge is -2.45. The fourth-order valence-electron chi connectivity index (χ4n) is 7.24. The predicted molar refractivity (Wildman–Crippen MR) is 160 cm³/mol. The summed E-state index contributed by atoms with van der Waals surface area (Å²) >= 11 is 0. The molecule has 0 saturated heterocycles. The molecule has 0 unspecified atom stereocenters. The van der Waals surface area contributed by atoms with E-state index in [0.29, 0.717) is 5.56 Å². The maximum absolute atomic E-state index is 10.4. The van der Waals surface area contributed by atoms with Crippen LogP contribution in [0.15, 0.2) is 65.2 Å². The van der Waals surface area contributed by atoms with Gasteiger partial charge in [-0.1, -0.05) is 65.8 Å². The number of fused-ring (bicyclic) bond motifs is 4. The minimum atomic E-state index is -0.117. The van der Waals surface area contributed by atoms with Crippen LogP contribution < -0.4 is 4.57 Å². The monoisotopic (exact) mass is 513 g/mol. The van der Waals surface area contributed by atoms with Crippen LogP contribution in [-0.2, 0) is 17.9 Å². The largest absolute Gasteiger partial charge is 0.454 e. The minimum Gasteiger partial charge on any atom is -0.454 e. The van der Waals surface area contributed by atoms with E-state index in [0.717, 1.165) is 49.9 Å². The van der Waals surface area contributed by atoms with Gasteiger partial charge in [0.1, 0.15) is 18.2 Å². The number of rotatable bonds is 2.